The highest BCUT2D eigenvalue weighted by molar-refractivity contribution is 5.95. The molecule has 106 valence electrons. The van der Waals surface area contributed by atoms with Crippen LogP contribution < -0.4 is 5.32 Å². The molecule has 1 aromatic carbocycles. The molecule has 0 heterocycles. The topological polar surface area (TPSA) is 72.2 Å². The molecule has 2 aliphatic carbocycles. The molecule has 0 aromatic heterocycles. The summed E-state index contributed by atoms with van der Waals surface area (Å²) in [7, 11) is 0. The quantitative estimate of drug-likeness (QED) is 0.680. The lowest BCUT2D eigenvalue weighted by Crippen LogP contribution is -2.38. The van der Waals surface area contributed by atoms with E-state index in [1.54, 1.807) is 19.1 Å². The molecule has 0 unspecified atom stereocenters. The van der Waals surface area contributed by atoms with Crippen LogP contribution in [0.5, 0.6) is 0 Å². The van der Waals surface area contributed by atoms with Gasteiger partial charge in [-0.1, -0.05) is 12.5 Å². The standard InChI is InChI=1S/C15H18N2O3/c1-9-2-4-12(8-14(9)17(19)20)15(18)16-13-7-10-3-5-11(13)6-10/h2,4,8,10-11,13H,3,5-7H2,1H3,(H,16,18)/t10-,11-,13+/m1/s1. The summed E-state index contributed by atoms with van der Waals surface area (Å²) >= 11 is 0. The molecule has 5 nitrogen and oxygen atoms in total. The number of rotatable bonds is 3. The first-order valence-electron chi connectivity index (χ1n) is 7.10. The van der Waals surface area contributed by atoms with Crippen LogP contribution in [0.25, 0.3) is 0 Å². The Kier molecular flexibility index (Phi) is 3.20. The van der Waals surface area contributed by atoms with Crippen molar-refractivity contribution in [3.63, 3.8) is 0 Å². The molecule has 0 spiro atoms. The molecule has 1 aromatic rings. The lowest BCUT2D eigenvalue weighted by molar-refractivity contribution is -0.385. The molecular weight excluding hydrogens is 256 g/mol. The second-order valence-electron chi connectivity index (χ2n) is 6.01. The molecule has 0 saturated heterocycles. The Morgan fingerprint density at radius 1 is 1.35 bits per heavy atom. The van der Waals surface area contributed by atoms with Crippen molar-refractivity contribution in [3.8, 4) is 0 Å². The molecule has 5 heteroatoms. The van der Waals surface area contributed by atoms with Crippen LogP contribution in [0.1, 0.15) is 41.6 Å². The van der Waals surface area contributed by atoms with Crippen LogP contribution in [0.3, 0.4) is 0 Å². The first-order valence-corrected chi connectivity index (χ1v) is 7.10. The number of carbonyl (C=O) groups excluding carboxylic acids is 1. The van der Waals surface area contributed by atoms with Crippen LogP contribution in [0.15, 0.2) is 18.2 Å². The van der Waals surface area contributed by atoms with Gasteiger partial charge in [0.15, 0.2) is 0 Å². The van der Waals surface area contributed by atoms with Gasteiger partial charge in [0.05, 0.1) is 4.92 Å². The summed E-state index contributed by atoms with van der Waals surface area (Å²) in [4.78, 5) is 22.7. The molecule has 2 saturated carbocycles. The van der Waals surface area contributed by atoms with Gasteiger partial charge in [0, 0.05) is 23.2 Å². The second kappa shape index (κ2) is 4.89. The summed E-state index contributed by atoms with van der Waals surface area (Å²) in [6, 6.07) is 4.91. The monoisotopic (exact) mass is 274 g/mol. The number of nitrogens with zero attached hydrogens (tertiary/aromatic N) is 1. The van der Waals surface area contributed by atoms with Crippen molar-refractivity contribution < 1.29 is 9.72 Å². The Hall–Kier alpha value is -1.91. The van der Waals surface area contributed by atoms with Crippen LogP contribution in [0.2, 0.25) is 0 Å². The lowest BCUT2D eigenvalue weighted by atomic mass is 9.95. The van der Waals surface area contributed by atoms with Crippen LogP contribution in [-0.2, 0) is 0 Å². The van der Waals surface area contributed by atoms with Crippen LogP contribution >= 0.6 is 0 Å². The van der Waals surface area contributed by atoms with E-state index in [1.165, 1.54) is 25.3 Å². The van der Waals surface area contributed by atoms with Crippen LogP contribution in [-0.4, -0.2) is 16.9 Å². The average molecular weight is 274 g/mol. The fraction of sp³-hybridized carbons (Fsp3) is 0.533. The zero-order chi connectivity index (χ0) is 14.3. The SMILES string of the molecule is Cc1ccc(C(=O)N[C@H]2C[C@@H]3CC[C@@H]2C3)cc1[N+](=O)[O-]. The van der Waals surface area contributed by atoms with Crippen molar-refractivity contribution in [1.82, 2.24) is 5.32 Å². The molecule has 2 fully saturated rings. The number of hydrogen-bond donors (Lipinski definition) is 1. The first kappa shape index (κ1) is 13.1. The third kappa shape index (κ3) is 2.28. The summed E-state index contributed by atoms with van der Waals surface area (Å²) < 4.78 is 0. The maximum absolute atomic E-state index is 12.2. The van der Waals surface area contributed by atoms with Gasteiger partial charge in [0.2, 0.25) is 0 Å². The minimum atomic E-state index is -0.441. The van der Waals surface area contributed by atoms with E-state index >= 15 is 0 Å². The molecule has 3 rings (SSSR count). The van der Waals surface area contributed by atoms with Crippen LogP contribution in [0, 0.1) is 28.9 Å². The van der Waals surface area contributed by atoms with E-state index in [2.05, 4.69) is 5.32 Å². The molecule has 0 aliphatic heterocycles. The van der Waals surface area contributed by atoms with Crippen molar-refractivity contribution in [2.45, 2.75) is 38.6 Å². The van der Waals surface area contributed by atoms with Crippen molar-refractivity contribution in [2.24, 2.45) is 11.8 Å². The Bertz CT molecular complexity index is 570. The number of hydrogen-bond acceptors (Lipinski definition) is 3. The van der Waals surface area contributed by atoms with Gasteiger partial charge in [-0.25, -0.2) is 0 Å². The Morgan fingerprint density at radius 3 is 2.75 bits per heavy atom. The maximum Gasteiger partial charge on any atom is 0.273 e. The molecule has 2 bridgehead atoms. The third-order valence-corrected chi connectivity index (χ3v) is 4.72. The highest BCUT2D eigenvalue weighted by Crippen LogP contribution is 2.44. The predicted molar refractivity (Wildman–Crippen MR) is 74.5 cm³/mol. The van der Waals surface area contributed by atoms with Gasteiger partial charge < -0.3 is 5.32 Å². The fourth-order valence-electron chi connectivity index (χ4n) is 3.62. The van der Waals surface area contributed by atoms with E-state index in [9.17, 15) is 14.9 Å². The molecule has 3 atom stereocenters. The summed E-state index contributed by atoms with van der Waals surface area (Å²) in [5.41, 5.74) is 0.960. The Labute approximate surface area is 117 Å². The van der Waals surface area contributed by atoms with E-state index in [0.717, 1.165) is 12.3 Å². The second-order valence-corrected chi connectivity index (χ2v) is 6.01. The number of nitro groups is 1. The van der Waals surface area contributed by atoms with Crippen molar-refractivity contribution >= 4 is 11.6 Å². The Morgan fingerprint density at radius 2 is 2.15 bits per heavy atom. The fourth-order valence-corrected chi connectivity index (χ4v) is 3.62. The largest absolute Gasteiger partial charge is 0.349 e. The third-order valence-electron chi connectivity index (χ3n) is 4.72. The maximum atomic E-state index is 12.2. The number of benzene rings is 1. The Balaban J connectivity index is 1.74. The lowest BCUT2D eigenvalue weighted by Gasteiger charge is -2.22. The summed E-state index contributed by atoms with van der Waals surface area (Å²) in [5, 5.41) is 14.0. The van der Waals surface area contributed by atoms with Gasteiger partial charge in [0.1, 0.15) is 0 Å². The van der Waals surface area contributed by atoms with Gasteiger partial charge in [-0.05, 0) is 44.1 Å². The minimum Gasteiger partial charge on any atom is -0.349 e. The smallest absolute Gasteiger partial charge is 0.273 e. The molecule has 1 amide bonds. The number of nitro benzene ring substituents is 1. The molecule has 1 N–H and O–H groups in total. The van der Waals surface area contributed by atoms with Gasteiger partial charge >= 0.3 is 0 Å². The van der Waals surface area contributed by atoms with E-state index in [1.807, 2.05) is 0 Å². The minimum absolute atomic E-state index is 0.00518. The zero-order valence-electron chi connectivity index (χ0n) is 11.5. The number of nitrogens with one attached hydrogen (secondary N) is 1. The molecule has 20 heavy (non-hydrogen) atoms. The summed E-state index contributed by atoms with van der Waals surface area (Å²) in [6.45, 7) is 1.68. The van der Waals surface area contributed by atoms with Crippen molar-refractivity contribution in [2.75, 3.05) is 0 Å². The highest BCUT2D eigenvalue weighted by atomic mass is 16.6. The summed E-state index contributed by atoms with van der Waals surface area (Å²) in [6.07, 6.45) is 4.76. The number of carbonyl (C=O) groups is 1. The van der Waals surface area contributed by atoms with Crippen LogP contribution in [0.4, 0.5) is 5.69 Å². The number of fused-ring (bicyclic) bond motifs is 2. The van der Waals surface area contributed by atoms with Crippen molar-refractivity contribution in [1.29, 1.82) is 0 Å². The summed E-state index contributed by atoms with van der Waals surface area (Å²) in [5.74, 6) is 1.17. The van der Waals surface area contributed by atoms with E-state index in [-0.39, 0.29) is 17.6 Å². The van der Waals surface area contributed by atoms with E-state index in [4.69, 9.17) is 0 Å². The normalized spacial score (nSPS) is 27.6. The predicted octanol–water partition coefficient (Wildman–Crippen LogP) is 2.82. The van der Waals surface area contributed by atoms with Gasteiger partial charge in [-0.15, -0.1) is 0 Å². The average Bonchev–Trinajstić information content (AvgIpc) is 3.01. The molecule has 0 radical (unpaired) electrons. The van der Waals surface area contributed by atoms with Gasteiger partial charge in [-0.3, -0.25) is 14.9 Å². The van der Waals surface area contributed by atoms with Gasteiger partial charge in [0.25, 0.3) is 11.6 Å². The van der Waals surface area contributed by atoms with E-state index in [0.29, 0.717) is 17.0 Å². The number of amides is 1. The van der Waals surface area contributed by atoms with E-state index < -0.39 is 4.92 Å². The van der Waals surface area contributed by atoms with Gasteiger partial charge in [-0.2, -0.15) is 0 Å². The first-order chi connectivity index (χ1) is 9.54. The molecule has 2 aliphatic rings. The van der Waals surface area contributed by atoms with Crippen molar-refractivity contribution in [3.05, 3.63) is 39.4 Å². The zero-order valence-corrected chi connectivity index (χ0v) is 11.5. The highest BCUT2D eigenvalue weighted by Gasteiger charge is 2.40. The molecular formula is C15H18N2O3. The number of aryl methyl sites for hydroxylation is 1.